The second kappa shape index (κ2) is 7.88. The molecule has 1 aromatic carbocycles. The van der Waals surface area contributed by atoms with Gasteiger partial charge in [0.05, 0.1) is 10.7 Å². The van der Waals surface area contributed by atoms with E-state index in [4.69, 9.17) is 0 Å². The molecule has 1 aliphatic heterocycles. The summed E-state index contributed by atoms with van der Waals surface area (Å²) >= 11 is 1.64. The number of thiazole rings is 1. The highest BCUT2D eigenvalue weighted by Crippen LogP contribution is 2.17. The van der Waals surface area contributed by atoms with Crippen molar-refractivity contribution in [3.8, 4) is 5.75 Å². The van der Waals surface area contributed by atoms with Gasteiger partial charge in [0.1, 0.15) is 5.75 Å². The van der Waals surface area contributed by atoms with Crippen LogP contribution in [0.2, 0.25) is 0 Å². The number of halogens is 2. The van der Waals surface area contributed by atoms with Crippen molar-refractivity contribution in [2.75, 3.05) is 26.2 Å². The minimum absolute atomic E-state index is 0.0509. The zero-order chi connectivity index (χ0) is 17.8. The van der Waals surface area contributed by atoms with E-state index in [1.165, 1.54) is 24.3 Å². The van der Waals surface area contributed by atoms with Crippen molar-refractivity contribution in [2.45, 2.75) is 20.1 Å². The highest BCUT2D eigenvalue weighted by molar-refractivity contribution is 7.09. The zero-order valence-electron chi connectivity index (χ0n) is 13.8. The van der Waals surface area contributed by atoms with Gasteiger partial charge in [-0.2, -0.15) is 8.78 Å². The molecule has 0 N–H and O–H groups in total. The molecule has 8 heteroatoms. The number of piperazine rings is 1. The highest BCUT2D eigenvalue weighted by Gasteiger charge is 2.22. The van der Waals surface area contributed by atoms with Crippen molar-refractivity contribution >= 4 is 17.2 Å². The number of ether oxygens (including phenoxy) is 1. The Labute approximate surface area is 148 Å². The summed E-state index contributed by atoms with van der Waals surface area (Å²) in [6.45, 7) is 2.77. The Morgan fingerprint density at radius 1 is 1.24 bits per heavy atom. The normalized spacial score (nSPS) is 15.6. The maximum Gasteiger partial charge on any atom is 0.387 e. The van der Waals surface area contributed by atoms with Crippen LogP contribution in [0.5, 0.6) is 5.75 Å². The van der Waals surface area contributed by atoms with Crippen molar-refractivity contribution in [3.63, 3.8) is 0 Å². The molecule has 1 amide bonds. The second-order valence-electron chi connectivity index (χ2n) is 5.83. The van der Waals surface area contributed by atoms with Gasteiger partial charge in [0, 0.05) is 43.7 Å². The van der Waals surface area contributed by atoms with Crippen LogP contribution in [0.25, 0.3) is 0 Å². The predicted octanol–water partition coefficient (Wildman–Crippen LogP) is 3.01. The lowest BCUT2D eigenvalue weighted by atomic mass is 10.1. The molecule has 1 saturated heterocycles. The third kappa shape index (κ3) is 4.73. The summed E-state index contributed by atoms with van der Waals surface area (Å²) in [5, 5.41) is 3.12. The summed E-state index contributed by atoms with van der Waals surface area (Å²) in [6.07, 6.45) is 0. The van der Waals surface area contributed by atoms with Crippen LogP contribution < -0.4 is 4.74 Å². The third-order valence-corrected chi connectivity index (χ3v) is 4.86. The molecular formula is C17H19F2N3O2S. The topological polar surface area (TPSA) is 45.7 Å². The van der Waals surface area contributed by atoms with Crippen molar-refractivity contribution in [3.05, 3.63) is 45.9 Å². The van der Waals surface area contributed by atoms with Gasteiger partial charge in [-0.1, -0.05) is 0 Å². The van der Waals surface area contributed by atoms with Crippen LogP contribution in [0.3, 0.4) is 0 Å². The fraction of sp³-hybridized carbons (Fsp3) is 0.412. The summed E-state index contributed by atoms with van der Waals surface area (Å²) in [6, 6.07) is 5.81. The van der Waals surface area contributed by atoms with Gasteiger partial charge in [-0.15, -0.1) is 11.3 Å². The van der Waals surface area contributed by atoms with E-state index < -0.39 is 6.61 Å². The highest BCUT2D eigenvalue weighted by atomic mass is 32.1. The lowest BCUT2D eigenvalue weighted by Crippen LogP contribution is -2.48. The summed E-state index contributed by atoms with van der Waals surface area (Å²) in [5.41, 5.74) is 1.54. The van der Waals surface area contributed by atoms with E-state index >= 15 is 0 Å². The molecule has 0 spiro atoms. The number of hydrogen-bond donors (Lipinski definition) is 0. The quantitative estimate of drug-likeness (QED) is 0.815. The lowest BCUT2D eigenvalue weighted by Gasteiger charge is -2.34. The number of aromatic nitrogens is 1. The largest absolute Gasteiger partial charge is 0.435 e. The maximum absolute atomic E-state index is 12.5. The molecule has 0 atom stereocenters. The van der Waals surface area contributed by atoms with E-state index in [0.717, 1.165) is 30.3 Å². The van der Waals surface area contributed by atoms with Gasteiger partial charge >= 0.3 is 6.61 Å². The fourth-order valence-corrected chi connectivity index (χ4v) is 3.38. The van der Waals surface area contributed by atoms with Gasteiger partial charge in [0.15, 0.2) is 0 Å². The van der Waals surface area contributed by atoms with E-state index in [9.17, 15) is 13.6 Å². The predicted molar refractivity (Wildman–Crippen MR) is 91.1 cm³/mol. The van der Waals surface area contributed by atoms with Crippen molar-refractivity contribution in [1.82, 2.24) is 14.8 Å². The minimum Gasteiger partial charge on any atom is -0.435 e. The van der Waals surface area contributed by atoms with Crippen molar-refractivity contribution < 1.29 is 18.3 Å². The Hall–Kier alpha value is -2.06. The molecule has 2 aromatic rings. The van der Waals surface area contributed by atoms with Crippen LogP contribution in [0, 0.1) is 6.92 Å². The van der Waals surface area contributed by atoms with Gasteiger partial charge in [0.25, 0.3) is 5.91 Å². The molecule has 1 aliphatic rings. The number of rotatable bonds is 5. The van der Waals surface area contributed by atoms with E-state index in [-0.39, 0.29) is 11.7 Å². The van der Waals surface area contributed by atoms with Gasteiger partial charge in [-0.25, -0.2) is 4.98 Å². The number of amides is 1. The monoisotopic (exact) mass is 367 g/mol. The maximum atomic E-state index is 12.5. The number of carbonyl (C=O) groups excluding carboxylic acids is 1. The van der Waals surface area contributed by atoms with E-state index in [0.29, 0.717) is 18.7 Å². The molecule has 5 nitrogen and oxygen atoms in total. The first-order valence-corrected chi connectivity index (χ1v) is 8.87. The number of hydrogen-bond acceptors (Lipinski definition) is 5. The first-order valence-electron chi connectivity index (χ1n) is 7.99. The Bertz CT molecular complexity index is 713. The Balaban J connectivity index is 1.52. The van der Waals surface area contributed by atoms with Crippen LogP contribution >= 0.6 is 11.3 Å². The molecule has 1 aromatic heterocycles. The molecule has 2 heterocycles. The molecule has 0 unspecified atom stereocenters. The Morgan fingerprint density at radius 2 is 1.92 bits per heavy atom. The standard InChI is InChI=1S/C17H19F2N3O2S/c1-12-20-14(11-25-12)10-21-6-8-22(9-7-21)16(23)13-2-4-15(5-3-13)24-17(18)19/h2-5,11,17H,6-10H2,1H3. The molecule has 0 radical (unpaired) electrons. The first kappa shape index (κ1) is 17.8. The van der Waals surface area contributed by atoms with Crippen LogP contribution in [-0.4, -0.2) is 53.5 Å². The SMILES string of the molecule is Cc1nc(CN2CCN(C(=O)c3ccc(OC(F)F)cc3)CC2)cs1. The molecule has 0 aliphatic carbocycles. The smallest absolute Gasteiger partial charge is 0.387 e. The third-order valence-electron chi connectivity index (χ3n) is 4.04. The summed E-state index contributed by atoms with van der Waals surface area (Å²) < 4.78 is 28.6. The van der Waals surface area contributed by atoms with Gasteiger partial charge in [-0.05, 0) is 31.2 Å². The summed E-state index contributed by atoms with van der Waals surface area (Å²) in [4.78, 5) is 21.0. The fourth-order valence-electron chi connectivity index (χ4n) is 2.78. The zero-order valence-corrected chi connectivity index (χ0v) is 14.6. The second-order valence-corrected chi connectivity index (χ2v) is 6.89. The molecular weight excluding hydrogens is 348 g/mol. The number of benzene rings is 1. The number of aryl methyl sites for hydroxylation is 1. The van der Waals surface area contributed by atoms with Gasteiger partial charge in [0.2, 0.25) is 0 Å². The summed E-state index contributed by atoms with van der Waals surface area (Å²) in [7, 11) is 0. The molecule has 0 bridgehead atoms. The molecule has 25 heavy (non-hydrogen) atoms. The Kier molecular flexibility index (Phi) is 5.60. The first-order chi connectivity index (χ1) is 12.0. The molecule has 0 saturated carbocycles. The van der Waals surface area contributed by atoms with E-state index in [1.54, 1.807) is 16.2 Å². The lowest BCUT2D eigenvalue weighted by molar-refractivity contribution is -0.0498. The van der Waals surface area contributed by atoms with Crippen molar-refractivity contribution in [1.29, 1.82) is 0 Å². The molecule has 1 fully saturated rings. The van der Waals surface area contributed by atoms with E-state index in [2.05, 4.69) is 20.0 Å². The number of carbonyl (C=O) groups is 1. The van der Waals surface area contributed by atoms with Crippen LogP contribution in [0.15, 0.2) is 29.6 Å². The molecule has 3 rings (SSSR count). The summed E-state index contributed by atoms with van der Waals surface area (Å²) in [5.74, 6) is -0.0392. The van der Waals surface area contributed by atoms with Crippen LogP contribution in [0.1, 0.15) is 21.1 Å². The average molecular weight is 367 g/mol. The Morgan fingerprint density at radius 3 is 2.48 bits per heavy atom. The van der Waals surface area contributed by atoms with Gasteiger partial charge < -0.3 is 9.64 Å². The number of nitrogens with zero attached hydrogens (tertiary/aromatic N) is 3. The van der Waals surface area contributed by atoms with E-state index in [1.807, 2.05) is 6.92 Å². The average Bonchev–Trinajstić information content (AvgIpc) is 3.00. The van der Waals surface area contributed by atoms with Crippen LogP contribution in [0.4, 0.5) is 8.78 Å². The van der Waals surface area contributed by atoms with Crippen molar-refractivity contribution in [2.24, 2.45) is 0 Å². The minimum atomic E-state index is -2.86. The van der Waals surface area contributed by atoms with Crippen LogP contribution in [-0.2, 0) is 6.54 Å². The molecule has 134 valence electrons. The number of alkyl halides is 2. The van der Waals surface area contributed by atoms with Gasteiger partial charge in [-0.3, -0.25) is 9.69 Å².